The Balaban J connectivity index is 1.49. The summed E-state index contributed by atoms with van der Waals surface area (Å²) in [5, 5.41) is 11.2. The maximum Gasteiger partial charge on any atom is 0.232 e. The van der Waals surface area contributed by atoms with E-state index in [1.165, 1.54) is 0 Å². The molecule has 0 spiro atoms. The van der Waals surface area contributed by atoms with Crippen LogP contribution in [0.2, 0.25) is 5.02 Å². The number of hydrogen-bond donors (Lipinski definition) is 1. The molecule has 1 fully saturated rings. The van der Waals surface area contributed by atoms with E-state index in [4.69, 9.17) is 27.1 Å². The summed E-state index contributed by atoms with van der Waals surface area (Å²) < 4.78 is 5.43. The van der Waals surface area contributed by atoms with Gasteiger partial charge in [-0.1, -0.05) is 48.0 Å². The van der Waals surface area contributed by atoms with Crippen molar-refractivity contribution >= 4 is 34.4 Å². The number of halogens is 1. The summed E-state index contributed by atoms with van der Waals surface area (Å²) in [4.78, 5) is 24.2. The van der Waals surface area contributed by atoms with Gasteiger partial charge >= 0.3 is 0 Å². The number of aromatic nitrogens is 1. The molecule has 2 N–H and O–H groups in total. The first-order valence-corrected chi connectivity index (χ1v) is 12.1. The quantitative estimate of drug-likeness (QED) is 0.591. The molecule has 0 aliphatic carbocycles. The highest BCUT2D eigenvalue weighted by Gasteiger charge is 2.41. The van der Waals surface area contributed by atoms with Crippen LogP contribution in [0.1, 0.15) is 48.4 Å². The number of pyridine rings is 1. The van der Waals surface area contributed by atoms with Crippen molar-refractivity contribution in [1.29, 1.82) is 5.26 Å². The number of fused-ring (bicyclic) bond motifs is 1. The van der Waals surface area contributed by atoms with E-state index in [1.54, 1.807) is 11.1 Å². The molecule has 1 amide bonds. The zero-order valence-electron chi connectivity index (χ0n) is 19.5. The Morgan fingerprint density at radius 2 is 1.97 bits per heavy atom. The fourth-order valence-electron chi connectivity index (χ4n) is 5.13. The monoisotopic (exact) mass is 487 g/mol. The number of para-hydroxylation sites is 1. The average molecular weight is 488 g/mol. The first-order chi connectivity index (χ1) is 16.9. The first-order valence-electron chi connectivity index (χ1n) is 11.7. The molecule has 5 rings (SSSR count). The van der Waals surface area contributed by atoms with E-state index in [0.717, 1.165) is 40.4 Å². The summed E-state index contributed by atoms with van der Waals surface area (Å²) >= 11 is 6.92. The number of ether oxygens (including phenoxy) is 1. The molecule has 1 aromatic heterocycles. The molecule has 2 aliphatic heterocycles. The molecule has 0 radical (unpaired) electrons. The van der Waals surface area contributed by atoms with Gasteiger partial charge in [0, 0.05) is 42.3 Å². The van der Waals surface area contributed by atoms with Gasteiger partial charge in [-0.25, -0.2) is 4.99 Å². The highest BCUT2D eigenvalue weighted by atomic mass is 35.5. The predicted molar refractivity (Wildman–Crippen MR) is 135 cm³/mol. The van der Waals surface area contributed by atoms with Crippen LogP contribution in [0.4, 0.5) is 0 Å². The fraction of sp³-hybridized carbons (Fsp3) is 0.333. The van der Waals surface area contributed by atoms with Gasteiger partial charge in [-0.05, 0) is 42.5 Å². The average Bonchev–Trinajstić information content (AvgIpc) is 2.85. The maximum atomic E-state index is 13.2. The molecule has 0 bridgehead atoms. The molecule has 35 heavy (non-hydrogen) atoms. The molecule has 1 saturated heterocycles. The Kier molecular flexibility index (Phi) is 6.18. The Morgan fingerprint density at radius 1 is 1.20 bits per heavy atom. The van der Waals surface area contributed by atoms with Crippen molar-refractivity contribution in [1.82, 2.24) is 9.88 Å². The molecular formula is C27H26ClN5O2. The lowest BCUT2D eigenvalue weighted by atomic mass is 9.85. The van der Waals surface area contributed by atoms with Gasteiger partial charge < -0.3 is 10.5 Å². The maximum absolute atomic E-state index is 13.2. The number of carbonyl (C=O) groups is 1. The van der Waals surface area contributed by atoms with Gasteiger partial charge in [0.25, 0.3) is 0 Å². The number of nitrogens with zero attached hydrogens (tertiary/aromatic N) is 4. The zero-order chi connectivity index (χ0) is 24.6. The molecule has 0 unspecified atom stereocenters. The molecular weight excluding hydrogens is 462 g/mol. The summed E-state index contributed by atoms with van der Waals surface area (Å²) in [6.07, 6.45) is 3.84. The standard InChI is InChI=1S/C27H26ClN5O2/c1-27(14-24(34)33(26(30)32-27)19-9-11-35-12-10-19)22-7-4-5-17(25(22)28)13-18-16-31-23-8-3-2-6-20(23)21(18)15-29/h2-8,16,19H,9-14H2,1H3,(H2,30,32)/t27-/m0/s1. The Hall–Kier alpha value is -3.47. The second-order valence-electron chi connectivity index (χ2n) is 9.27. The molecule has 2 aromatic carbocycles. The van der Waals surface area contributed by atoms with Gasteiger partial charge in [-0.15, -0.1) is 0 Å². The highest BCUT2D eigenvalue weighted by molar-refractivity contribution is 6.32. The SMILES string of the molecule is C[C@@]1(c2cccc(Cc3cnc4ccccc4c3C#N)c2Cl)CC(=O)N(C2CCOCC2)C(N)=N1. The first kappa shape index (κ1) is 23.3. The Labute approximate surface area is 209 Å². The van der Waals surface area contributed by atoms with E-state index >= 15 is 0 Å². The second-order valence-corrected chi connectivity index (χ2v) is 9.65. The summed E-state index contributed by atoms with van der Waals surface area (Å²) in [6.45, 7) is 3.12. The summed E-state index contributed by atoms with van der Waals surface area (Å²) in [7, 11) is 0. The van der Waals surface area contributed by atoms with Crippen LogP contribution in [0, 0.1) is 11.3 Å². The minimum atomic E-state index is -0.879. The van der Waals surface area contributed by atoms with Crippen LogP contribution in [0.15, 0.2) is 53.7 Å². The van der Waals surface area contributed by atoms with Crippen LogP contribution < -0.4 is 5.73 Å². The second kappa shape index (κ2) is 9.29. The minimum absolute atomic E-state index is 0.0103. The minimum Gasteiger partial charge on any atom is -0.381 e. The molecule has 7 nitrogen and oxygen atoms in total. The van der Waals surface area contributed by atoms with Gasteiger partial charge in [0.15, 0.2) is 5.96 Å². The Morgan fingerprint density at radius 3 is 2.71 bits per heavy atom. The molecule has 0 saturated carbocycles. The van der Waals surface area contributed by atoms with Gasteiger partial charge in [-0.3, -0.25) is 14.7 Å². The van der Waals surface area contributed by atoms with Crippen LogP contribution in [-0.2, 0) is 21.5 Å². The van der Waals surface area contributed by atoms with E-state index in [9.17, 15) is 10.1 Å². The van der Waals surface area contributed by atoms with E-state index in [0.29, 0.717) is 30.2 Å². The number of amides is 1. The smallest absolute Gasteiger partial charge is 0.232 e. The molecule has 8 heteroatoms. The van der Waals surface area contributed by atoms with Crippen molar-refractivity contribution < 1.29 is 9.53 Å². The van der Waals surface area contributed by atoms with Crippen molar-refractivity contribution in [2.75, 3.05) is 13.2 Å². The third kappa shape index (κ3) is 4.24. The number of nitriles is 1. The molecule has 3 heterocycles. The van der Waals surface area contributed by atoms with Crippen molar-refractivity contribution in [2.45, 2.75) is 44.2 Å². The number of hydrogen-bond acceptors (Lipinski definition) is 6. The molecule has 178 valence electrons. The number of guanidine groups is 1. The van der Waals surface area contributed by atoms with Gasteiger partial charge in [-0.2, -0.15) is 5.26 Å². The van der Waals surface area contributed by atoms with Crippen molar-refractivity contribution in [3.63, 3.8) is 0 Å². The third-order valence-corrected chi connectivity index (χ3v) is 7.38. The lowest BCUT2D eigenvalue weighted by Crippen LogP contribution is -2.55. The lowest BCUT2D eigenvalue weighted by molar-refractivity contribution is -0.132. The van der Waals surface area contributed by atoms with Crippen LogP contribution in [0.5, 0.6) is 0 Å². The van der Waals surface area contributed by atoms with Crippen molar-refractivity contribution in [3.8, 4) is 6.07 Å². The van der Waals surface area contributed by atoms with Crippen LogP contribution >= 0.6 is 11.6 Å². The fourth-order valence-corrected chi connectivity index (χ4v) is 5.53. The molecule has 2 aliphatic rings. The van der Waals surface area contributed by atoms with Crippen LogP contribution in [-0.4, -0.2) is 41.0 Å². The zero-order valence-corrected chi connectivity index (χ0v) is 20.3. The topological polar surface area (TPSA) is 105 Å². The van der Waals surface area contributed by atoms with Gasteiger partial charge in [0.1, 0.15) is 6.07 Å². The summed E-state index contributed by atoms with van der Waals surface area (Å²) in [6, 6.07) is 15.7. The number of nitrogens with two attached hydrogens (primary N) is 1. The van der Waals surface area contributed by atoms with E-state index < -0.39 is 5.54 Å². The predicted octanol–water partition coefficient (Wildman–Crippen LogP) is 4.29. The van der Waals surface area contributed by atoms with E-state index in [-0.39, 0.29) is 24.3 Å². The van der Waals surface area contributed by atoms with E-state index in [1.807, 2.05) is 49.4 Å². The highest BCUT2D eigenvalue weighted by Crippen LogP contribution is 2.40. The van der Waals surface area contributed by atoms with Crippen LogP contribution in [0.25, 0.3) is 10.9 Å². The number of benzene rings is 2. The van der Waals surface area contributed by atoms with Gasteiger partial charge in [0.05, 0.1) is 23.0 Å². The van der Waals surface area contributed by atoms with Crippen molar-refractivity contribution in [2.24, 2.45) is 10.7 Å². The normalized spacial score (nSPS) is 21.1. The summed E-state index contributed by atoms with van der Waals surface area (Å²) in [5.41, 5.74) is 9.21. The largest absolute Gasteiger partial charge is 0.381 e. The Bertz CT molecular complexity index is 1380. The number of aliphatic imine (C=N–C) groups is 1. The van der Waals surface area contributed by atoms with Crippen LogP contribution in [0.3, 0.4) is 0 Å². The molecule has 1 atom stereocenters. The number of carbonyl (C=O) groups excluding carboxylic acids is 1. The summed E-state index contributed by atoms with van der Waals surface area (Å²) in [5.74, 6) is 0.168. The lowest BCUT2D eigenvalue weighted by Gasteiger charge is -2.40. The van der Waals surface area contributed by atoms with Gasteiger partial charge in [0.2, 0.25) is 5.91 Å². The number of rotatable bonds is 4. The molecule has 3 aromatic rings. The third-order valence-electron chi connectivity index (χ3n) is 6.93. The van der Waals surface area contributed by atoms with Crippen molar-refractivity contribution in [3.05, 3.63) is 75.9 Å². The van der Waals surface area contributed by atoms with E-state index in [2.05, 4.69) is 11.1 Å².